The van der Waals surface area contributed by atoms with Crippen LogP contribution in [-0.4, -0.2) is 11.8 Å². The third kappa shape index (κ3) is 8.48. The number of nitrogens with two attached hydrogens (primary N) is 1. The number of nitrogens with zero attached hydrogens (tertiary/aromatic N) is 1. The fraction of sp³-hybridized carbons (Fsp3) is 0.471. The van der Waals surface area contributed by atoms with Crippen molar-refractivity contribution < 1.29 is 4.84 Å². The second kappa shape index (κ2) is 11.2. The van der Waals surface area contributed by atoms with Gasteiger partial charge in [0, 0.05) is 12.5 Å². The van der Waals surface area contributed by atoms with E-state index in [1.54, 1.807) is 6.08 Å². The average Bonchev–Trinajstić information content (AvgIpc) is 2.48. The molecule has 0 aromatic carbocycles. The molecule has 0 heterocycles. The topological polar surface area (TPSA) is 47.6 Å². The summed E-state index contributed by atoms with van der Waals surface area (Å²) in [6, 6.07) is 0.0106. The first-order valence-corrected chi connectivity index (χ1v) is 7.20. The molecule has 0 saturated carbocycles. The van der Waals surface area contributed by atoms with E-state index in [4.69, 9.17) is 10.6 Å². The van der Waals surface area contributed by atoms with Gasteiger partial charge in [0.15, 0.2) is 0 Å². The summed E-state index contributed by atoms with van der Waals surface area (Å²) >= 11 is 0. The molecule has 0 aromatic heterocycles. The van der Waals surface area contributed by atoms with Crippen molar-refractivity contribution in [1.82, 2.24) is 0 Å². The Morgan fingerprint density at radius 2 is 2.00 bits per heavy atom. The van der Waals surface area contributed by atoms with Gasteiger partial charge in [-0.1, -0.05) is 50.9 Å². The quantitative estimate of drug-likeness (QED) is 0.199. The zero-order chi connectivity index (χ0) is 15.4. The maximum absolute atomic E-state index is 5.94. The molecule has 0 spiro atoms. The number of hydrogen-bond donors (Lipinski definition) is 1. The molecule has 0 radical (unpaired) electrons. The van der Waals surface area contributed by atoms with Crippen LogP contribution >= 0.6 is 0 Å². The molecule has 0 fully saturated rings. The fourth-order valence-corrected chi connectivity index (χ4v) is 1.41. The lowest BCUT2D eigenvalue weighted by atomic mass is 10.0. The van der Waals surface area contributed by atoms with Gasteiger partial charge in [-0.25, -0.2) is 0 Å². The maximum atomic E-state index is 5.94. The lowest BCUT2D eigenvalue weighted by molar-refractivity contribution is 0.220. The Morgan fingerprint density at radius 1 is 1.30 bits per heavy atom. The molecule has 0 amide bonds. The minimum atomic E-state index is 0.0106. The van der Waals surface area contributed by atoms with Gasteiger partial charge in [-0.3, -0.25) is 0 Å². The molecule has 112 valence electrons. The van der Waals surface area contributed by atoms with Gasteiger partial charge in [0.05, 0.1) is 5.71 Å². The van der Waals surface area contributed by atoms with Gasteiger partial charge in [0.1, 0.15) is 5.76 Å². The van der Waals surface area contributed by atoms with Gasteiger partial charge >= 0.3 is 0 Å². The lowest BCUT2D eigenvalue weighted by Gasteiger charge is -2.10. The molecule has 3 nitrogen and oxygen atoms in total. The average molecular weight is 276 g/mol. The van der Waals surface area contributed by atoms with Crippen LogP contribution < -0.4 is 5.73 Å². The summed E-state index contributed by atoms with van der Waals surface area (Å²) in [5, 5.41) is 4.07. The largest absolute Gasteiger partial charge is 0.362 e. The van der Waals surface area contributed by atoms with E-state index in [1.165, 1.54) is 0 Å². The summed E-state index contributed by atoms with van der Waals surface area (Å²) in [7, 11) is 0. The SMILES string of the molecule is C=CC(=C)C(N)CCC/C=C/C(CC)=N/OC(=C)CC. The molecule has 0 aromatic rings. The van der Waals surface area contributed by atoms with E-state index in [1.807, 2.05) is 19.9 Å². The third-order valence-corrected chi connectivity index (χ3v) is 2.98. The minimum absolute atomic E-state index is 0.0106. The van der Waals surface area contributed by atoms with E-state index >= 15 is 0 Å². The van der Waals surface area contributed by atoms with E-state index in [-0.39, 0.29) is 6.04 Å². The molecule has 0 aliphatic rings. The Hall–Kier alpha value is -1.61. The highest BCUT2D eigenvalue weighted by atomic mass is 16.6. The van der Waals surface area contributed by atoms with Crippen LogP contribution in [0, 0.1) is 0 Å². The number of allylic oxidation sites excluding steroid dienone is 3. The first-order chi connectivity index (χ1) is 9.54. The van der Waals surface area contributed by atoms with Crippen LogP contribution in [0.25, 0.3) is 0 Å². The van der Waals surface area contributed by atoms with Crippen molar-refractivity contribution in [3.05, 3.63) is 49.3 Å². The predicted octanol–water partition coefficient (Wildman–Crippen LogP) is 4.49. The summed E-state index contributed by atoms with van der Waals surface area (Å²) in [6.45, 7) is 15.3. The molecule has 20 heavy (non-hydrogen) atoms. The summed E-state index contributed by atoms with van der Waals surface area (Å²) in [4.78, 5) is 5.19. The molecule has 0 saturated heterocycles. The van der Waals surface area contributed by atoms with Crippen LogP contribution in [0.15, 0.2) is 54.5 Å². The first-order valence-electron chi connectivity index (χ1n) is 7.20. The molecule has 0 bridgehead atoms. The normalized spacial score (nSPS) is 13.2. The van der Waals surface area contributed by atoms with E-state index < -0.39 is 0 Å². The summed E-state index contributed by atoms with van der Waals surface area (Å²) in [5.41, 5.74) is 7.76. The second-order valence-corrected chi connectivity index (χ2v) is 4.64. The van der Waals surface area contributed by atoms with Crippen LogP contribution in [0.1, 0.15) is 46.0 Å². The lowest BCUT2D eigenvalue weighted by Crippen LogP contribution is -2.20. The number of hydrogen-bond acceptors (Lipinski definition) is 3. The van der Waals surface area contributed by atoms with Crippen molar-refractivity contribution in [3.63, 3.8) is 0 Å². The minimum Gasteiger partial charge on any atom is -0.362 e. The highest BCUT2D eigenvalue weighted by Gasteiger charge is 2.02. The van der Waals surface area contributed by atoms with Crippen molar-refractivity contribution in [2.75, 3.05) is 0 Å². The van der Waals surface area contributed by atoms with E-state index in [0.29, 0.717) is 5.76 Å². The Bertz CT molecular complexity index is 380. The van der Waals surface area contributed by atoms with Crippen LogP contribution in [-0.2, 0) is 4.84 Å². The van der Waals surface area contributed by atoms with Crippen molar-refractivity contribution in [3.8, 4) is 0 Å². The zero-order valence-corrected chi connectivity index (χ0v) is 12.9. The molecular weight excluding hydrogens is 248 g/mol. The molecule has 0 aliphatic heterocycles. The number of unbranched alkanes of at least 4 members (excludes halogenated alkanes) is 1. The standard InChI is InChI=1S/C17H28N2O/c1-6-14(4)17(18)13-11-9-10-12-16(8-3)19-20-15(5)7-2/h6,10,12,17H,1,4-5,7-9,11,13,18H2,2-3H3/b12-10+,19-16+. The first kappa shape index (κ1) is 18.4. The van der Waals surface area contributed by atoms with Crippen LogP contribution in [0.3, 0.4) is 0 Å². The van der Waals surface area contributed by atoms with Crippen molar-refractivity contribution in [2.45, 2.75) is 52.0 Å². The molecule has 3 heteroatoms. The molecule has 1 atom stereocenters. The van der Waals surface area contributed by atoms with Crippen molar-refractivity contribution in [2.24, 2.45) is 10.9 Å². The van der Waals surface area contributed by atoms with Crippen LogP contribution in [0.2, 0.25) is 0 Å². The highest BCUT2D eigenvalue weighted by Crippen LogP contribution is 2.08. The number of oxime groups is 1. The Balaban J connectivity index is 4.05. The van der Waals surface area contributed by atoms with Gasteiger partial charge in [0.2, 0.25) is 0 Å². The Kier molecular flexibility index (Phi) is 10.3. The van der Waals surface area contributed by atoms with Crippen LogP contribution in [0.4, 0.5) is 0 Å². The monoisotopic (exact) mass is 276 g/mol. The maximum Gasteiger partial charge on any atom is 0.127 e. The van der Waals surface area contributed by atoms with Gasteiger partial charge in [-0.2, -0.15) is 0 Å². The Labute approximate surface area is 123 Å². The summed E-state index contributed by atoms with van der Waals surface area (Å²) < 4.78 is 0. The molecule has 1 unspecified atom stereocenters. The van der Waals surface area contributed by atoms with E-state index in [9.17, 15) is 0 Å². The van der Waals surface area contributed by atoms with Gasteiger partial charge in [-0.15, -0.1) is 0 Å². The van der Waals surface area contributed by atoms with Crippen LogP contribution in [0.5, 0.6) is 0 Å². The van der Waals surface area contributed by atoms with Gasteiger partial charge < -0.3 is 10.6 Å². The number of rotatable bonds is 11. The van der Waals surface area contributed by atoms with Gasteiger partial charge in [-0.05, 0) is 37.3 Å². The predicted molar refractivity (Wildman–Crippen MR) is 88.5 cm³/mol. The summed E-state index contributed by atoms with van der Waals surface area (Å²) in [6.07, 6.45) is 10.3. The zero-order valence-electron chi connectivity index (χ0n) is 12.9. The van der Waals surface area contributed by atoms with Gasteiger partial charge in [0.25, 0.3) is 0 Å². The third-order valence-electron chi connectivity index (χ3n) is 2.98. The molecular formula is C17H28N2O. The molecule has 0 rings (SSSR count). The second-order valence-electron chi connectivity index (χ2n) is 4.64. The highest BCUT2D eigenvalue weighted by molar-refractivity contribution is 5.94. The van der Waals surface area contributed by atoms with E-state index in [2.05, 4.69) is 31.0 Å². The summed E-state index contributed by atoms with van der Waals surface area (Å²) in [5.74, 6) is 0.679. The van der Waals surface area contributed by atoms with E-state index in [0.717, 1.165) is 43.4 Å². The molecule has 0 aliphatic carbocycles. The smallest absolute Gasteiger partial charge is 0.127 e. The van der Waals surface area contributed by atoms with Crippen molar-refractivity contribution in [1.29, 1.82) is 0 Å². The fourth-order valence-electron chi connectivity index (χ4n) is 1.41. The Morgan fingerprint density at radius 3 is 2.55 bits per heavy atom. The van der Waals surface area contributed by atoms with Crippen molar-refractivity contribution >= 4 is 5.71 Å². The molecule has 2 N–H and O–H groups in total.